The number of thiophene rings is 1. The molecule has 3 heteroatoms. The van der Waals surface area contributed by atoms with E-state index in [1.165, 1.54) is 24.1 Å². The van der Waals surface area contributed by atoms with Crippen LogP contribution in [0.2, 0.25) is 4.34 Å². The maximum atomic E-state index is 6.03. The SMILES string of the molecule is CC1CCC(C(C)(C)Cc2ccc(Cl)s2)C(Br)C1. The lowest BCUT2D eigenvalue weighted by atomic mass is 9.67. The highest BCUT2D eigenvalue weighted by molar-refractivity contribution is 9.09. The van der Waals surface area contributed by atoms with Crippen molar-refractivity contribution >= 4 is 38.9 Å². The molecule has 0 amide bonds. The predicted molar refractivity (Wildman–Crippen MR) is 86.0 cm³/mol. The molecule has 0 aliphatic heterocycles. The highest BCUT2D eigenvalue weighted by atomic mass is 79.9. The van der Waals surface area contributed by atoms with Crippen molar-refractivity contribution in [2.75, 3.05) is 0 Å². The monoisotopic (exact) mass is 348 g/mol. The molecular formula is C15H22BrClS. The predicted octanol–water partition coefficient (Wildman–Crippen LogP) is 6.17. The minimum atomic E-state index is 0.350. The van der Waals surface area contributed by atoms with E-state index < -0.39 is 0 Å². The Morgan fingerprint density at radius 3 is 2.67 bits per heavy atom. The normalized spacial score (nSPS) is 29.5. The van der Waals surface area contributed by atoms with E-state index in [0.29, 0.717) is 10.2 Å². The van der Waals surface area contributed by atoms with Crippen molar-refractivity contribution < 1.29 is 0 Å². The molecule has 2 rings (SSSR count). The van der Waals surface area contributed by atoms with Crippen LogP contribution in [0.25, 0.3) is 0 Å². The van der Waals surface area contributed by atoms with E-state index in [0.717, 1.165) is 22.6 Å². The van der Waals surface area contributed by atoms with E-state index >= 15 is 0 Å². The first kappa shape index (κ1) is 14.9. The van der Waals surface area contributed by atoms with Crippen LogP contribution in [0.4, 0.5) is 0 Å². The van der Waals surface area contributed by atoms with Gasteiger partial charge in [-0.2, -0.15) is 0 Å². The number of halogens is 2. The summed E-state index contributed by atoms with van der Waals surface area (Å²) >= 11 is 11.7. The summed E-state index contributed by atoms with van der Waals surface area (Å²) in [6.45, 7) is 7.20. The van der Waals surface area contributed by atoms with E-state index in [1.54, 1.807) is 11.3 Å². The minimum absolute atomic E-state index is 0.350. The second-order valence-electron chi connectivity index (χ2n) is 6.41. The lowest BCUT2D eigenvalue weighted by Gasteiger charge is -2.42. The third-order valence-corrected chi connectivity index (χ3v) is 6.54. The van der Waals surface area contributed by atoms with Crippen LogP contribution in [0.15, 0.2) is 12.1 Å². The smallest absolute Gasteiger partial charge is 0.0931 e. The fourth-order valence-corrected chi connectivity index (χ4v) is 6.16. The van der Waals surface area contributed by atoms with E-state index in [1.807, 2.05) is 6.07 Å². The van der Waals surface area contributed by atoms with Gasteiger partial charge < -0.3 is 0 Å². The van der Waals surface area contributed by atoms with Gasteiger partial charge >= 0.3 is 0 Å². The molecule has 1 aliphatic rings. The molecule has 3 unspecified atom stereocenters. The van der Waals surface area contributed by atoms with E-state index in [2.05, 4.69) is 42.8 Å². The zero-order valence-electron chi connectivity index (χ0n) is 11.4. The van der Waals surface area contributed by atoms with Crippen molar-refractivity contribution in [3.8, 4) is 0 Å². The molecule has 1 heterocycles. The van der Waals surface area contributed by atoms with Crippen molar-refractivity contribution in [2.45, 2.75) is 51.3 Å². The van der Waals surface area contributed by atoms with Crippen molar-refractivity contribution in [1.82, 2.24) is 0 Å². The largest absolute Gasteiger partial charge is 0.128 e. The molecule has 0 bridgehead atoms. The number of hydrogen-bond donors (Lipinski definition) is 0. The van der Waals surface area contributed by atoms with Crippen LogP contribution in [0.3, 0.4) is 0 Å². The first-order chi connectivity index (χ1) is 8.38. The van der Waals surface area contributed by atoms with Crippen molar-refractivity contribution in [3.63, 3.8) is 0 Å². The van der Waals surface area contributed by atoms with Crippen LogP contribution < -0.4 is 0 Å². The lowest BCUT2D eigenvalue weighted by molar-refractivity contribution is 0.148. The van der Waals surface area contributed by atoms with Gasteiger partial charge in [0.2, 0.25) is 0 Å². The Balaban J connectivity index is 2.05. The molecule has 1 aliphatic carbocycles. The quantitative estimate of drug-likeness (QED) is 0.572. The summed E-state index contributed by atoms with van der Waals surface area (Å²) in [7, 11) is 0. The maximum absolute atomic E-state index is 6.03. The number of hydrogen-bond acceptors (Lipinski definition) is 1. The molecule has 102 valence electrons. The molecule has 0 spiro atoms. The van der Waals surface area contributed by atoms with Gasteiger partial charge in [-0.1, -0.05) is 54.7 Å². The molecular weight excluding hydrogens is 328 g/mol. The van der Waals surface area contributed by atoms with Gasteiger partial charge in [-0.05, 0) is 48.6 Å². The zero-order valence-corrected chi connectivity index (χ0v) is 14.5. The molecule has 0 saturated heterocycles. The van der Waals surface area contributed by atoms with Crippen LogP contribution in [0.5, 0.6) is 0 Å². The summed E-state index contributed by atoms with van der Waals surface area (Å²) in [4.78, 5) is 2.09. The summed E-state index contributed by atoms with van der Waals surface area (Å²) in [5.41, 5.74) is 0.350. The summed E-state index contributed by atoms with van der Waals surface area (Å²) in [5.74, 6) is 1.65. The Morgan fingerprint density at radius 1 is 1.39 bits per heavy atom. The van der Waals surface area contributed by atoms with E-state index in [4.69, 9.17) is 11.6 Å². The van der Waals surface area contributed by atoms with Gasteiger partial charge in [0.15, 0.2) is 0 Å². The van der Waals surface area contributed by atoms with Crippen molar-refractivity contribution in [3.05, 3.63) is 21.3 Å². The average molecular weight is 350 g/mol. The Bertz CT molecular complexity index is 399. The molecule has 3 atom stereocenters. The number of rotatable bonds is 3. The van der Waals surface area contributed by atoms with Gasteiger partial charge in [-0.25, -0.2) is 0 Å². The first-order valence-corrected chi connectivity index (χ1v) is 8.88. The lowest BCUT2D eigenvalue weighted by Crippen LogP contribution is -2.36. The fourth-order valence-electron chi connectivity index (χ4n) is 3.22. The maximum Gasteiger partial charge on any atom is 0.0931 e. The summed E-state index contributed by atoms with van der Waals surface area (Å²) in [6.07, 6.45) is 5.19. The van der Waals surface area contributed by atoms with Crippen LogP contribution in [0.1, 0.15) is 44.9 Å². The minimum Gasteiger partial charge on any atom is -0.128 e. The van der Waals surface area contributed by atoms with E-state index in [9.17, 15) is 0 Å². The summed E-state index contributed by atoms with van der Waals surface area (Å²) < 4.78 is 0.911. The van der Waals surface area contributed by atoms with Crippen molar-refractivity contribution in [1.29, 1.82) is 0 Å². The molecule has 1 aromatic rings. The third kappa shape index (κ3) is 3.52. The summed E-state index contributed by atoms with van der Waals surface area (Å²) in [5, 5.41) is 0. The topological polar surface area (TPSA) is 0 Å². The van der Waals surface area contributed by atoms with Gasteiger partial charge in [0.25, 0.3) is 0 Å². The summed E-state index contributed by atoms with van der Waals surface area (Å²) in [6, 6.07) is 4.20. The second kappa shape index (κ2) is 5.85. The molecule has 18 heavy (non-hydrogen) atoms. The standard InChI is InChI=1S/C15H22BrClS/c1-10-4-6-12(13(16)8-10)15(2,3)9-11-5-7-14(17)18-11/h5,7,10,12-13H,4,6,8-9H2,1-3H3. The molecule has 0 aromatic carbocycles. The number of alkyl halides is 1. The molecule has 0 nitrogen and oxygen atoms in total. The molecule has 1 aromatic heterocycles. The van der Waals surface area contributed by atoms with Crippen LogP contribution in [-0.2, 0) is 6.42 Å². The molecule has 0 radical (unpaired) electrons. The van der Waals surface area contributed by atoms with Gasteiger partial charge in [0.05, 0.1) is 4.34 Å². The van der Waals surface area contributed by atoms with E-state index in [-0.39, 0.29) is 0 Å². The fraction of sp³-hybridized carbons (Fsp3) is 0.733. The van der Waals surface area contributed by atoms with Gasteiger partial charge in [0.1, 0.15) is 0 Å². The Kier molecular flexibility index (Phi) is 4.83. The molecule has 1 fully saturated rings. The van der Waals surface area contributed by atoms with Crippen LogP contribution in [0, 0.1) is 17.3 Å². The zero-order chi connectivity index (χ0) is 13.3. The highest BCUT2D eigenvalue weighted by Gasteiger charge is 2.37. The molecule has 0 N–H and O–H groups in total. The van der Waals surface area contributed by atoms with Gasteiger partial charge in [-0.15, -0.1) is 11.3 Å². The van der Waals surface area contributed by atoms with Crippen molar-refractivity contribution in [2.24, 2.45) is 17.3 Å². The first-order valence-electron chi connectivity index (χ1n) is 6.77. The third-order valence-electron chi connectivity index (χ3n) is 4.30. The second-order valence-corrected chi connectivity index (χ2v) is 9.39. The Labute approximate surface area is 128 Å². The Hall–Kier alpha value is 0.470. The van der Waals surface area contributed by atoms with Gasteiger partial charge in [-0.3, -0.25) is 0 Å². The molecule has 1 saturated carbocycles. The highest BCUT2D eigenvalue weighted by Crippen LogP contribution is 2.45. The van der Waals surface area contributed by atoms with Crippen LogP contribution in [-0.4, -0.2) is 4.83 Å². The average Bonchev–Trinajstić information content (AvgIpc) is 2.62. The van der Waals surface area contributed by atoms with Gasteiger partial charge in [0, 0.05) is 9.70 Å². The Morgan fingerprint density at radius 2 is 2.11 bits per heavy atom. The van der Waals surface area contributed by atoms with Crippen LogP contribution >= 0.6 is 38.9 Å².